The molecule has 0 aromatic carbocycles. The number of anilines is 1. The lowest BCUT2D eigenvalue weighted by Crippen LogP contribution is -2.33. The number of imidazole rings is 1. The summed E-state index contributed by atoms with van der Waals surface area (Å²) in [5.41, 5.74) is 0.927. The molecule has 0 atom stereocenters. The van der Waals surface area contributed by atoms with Crippen molar-refractivity contribution in [2.45, 2.75) is 19.6 Å². The van der Waals surface area contributed by atoms with Gasteiger partial charge < -0.3 is 19.2 Å². The average Bonchev–Trinajstić information content (AvgIpc) is 2.96. The Kier molecular flexibility index (Phi) is 2.56. The summed E-state index contributed by atoms with van der Waals surface area (Å²) in [4.78, 5) is 10.9. The summed E-state index contributed by atoms with van der Waals surface area (Å²) in [5, 5.41) is 3.05. The number of fused-ring (bicyclic) bond motifs is 1. The highest BCUT2D eigenvalue weighted by Crippen LogP contribution is 2.19. The Morgan fingerprint density at radius 1 is 1.47 bits per heavy atom. The molecule has 0 unspecified atom stereocenters. The summed E-state index contributed by atoms with van der Waals surface area (Å²) in [5.74, 6) is 1.06. The maximum Gasteiger partial charge on any atom is 0.297 e. The largest absolute Gasteiger partial charge is 0.432 e. The minimum atomic E-state index is 0.685. The minimum absolute atomic E-state index is 0.685. The molecule has 1 aliphatic rings. The van der Waals surface area contributed by atoms with Crippen molar-refractivity contribution >= 4 is 6.01 Å². The van der Waals surface area contributed by atoms with E-state index in [4.69, 9.17) is 4.42 Å². The first-order valence-corrected chi connectivity index (χ1v) is 5.71. The van der Waals surface area contributed by atoms with Gasteiger partial charge in [0.15, 0.2) is 0 Å². The smallest absolute Gasteiger partial charge is 0.297 e. The topological polar surface area (TPSA) is 59.1 Å². The van der Waals surface area contributed by atoms with Gasteiger partial charge in [-0.1, -0.05) is 0 Å². The van der Waals surface area contributed by atoms with E-state index in [0.717, 1.165) is 37.7 Å². The van der Waals surface area contributed by atoms with Gasteiger partial charge in [-0.05, 0) is 7.05 Å². The molecule has 3 rings (SSSR count). The molecule has 1 N–H and O–H groups in total. The summed E-state index contributed by atoms with van der Waals surface area (Å²) >= 11 is 0. The van der Waals surface area contributed by atoms with Crippen LogP contribution < -0.4 is 10.2 Å². The van der Waals surface area contributed by atoms with E-state index in [1.165, 1.54) is 0 Å². The summed E-state index contributed by atoms with van der Waals surface area (Å²) < 4.78 is 7.65. The van der Waals surface area contributed by atoms with Crippen LogP contribution in [0.1, 0.15) is 11.5 Å². The van der Waals surface area contributed by atoms with Crippen LogP contribution in [0.2, 0.25) is 0 Å². The van der Waals surface area contributed by atoms with E-state index in [0.29, 0.717) is 6.01 Å². The zero-order chi connectivity index (χ0) is 11.7. The predicted molar refractivity (Wildman–Crippen MR) is 62.5 cm³/mol. The molecule has 0 bridgehead atoms. The van der Waals surface area contributed by atoms with Gasteiger partial charge >= 0.3 is 0 Å². The summed E-state index contributed by atoms with van der Waals surface area (Å²) in [6, 6.07) is 0.685. The molecule has 0 aliphatic carbocycles. The number of aromatic nitrogens is 3. The molecule has 0 saturated carbocycles. The first-order valence-electron chi connectivity index (χ1n) is 5.71. The van der Waals surface area contributed by atoms with Gasteiger partial charge in [0.2, 0.25) is 0 Å². The third-order valence-electron chi connectivity index (χ3n) is 2.91. The van der Waals surface area contributed by atoms with Crippen molar-refractivity contribution in [3.63, 3.8) is 0 Å². The molecule has 0 radical (unpaired) electrons. The highest BCUT2D eigenvalue weighted by atomic mass is 16.4. The van der Waals surface area contributed by atoms with Gasteiger partial charge in [0.25, 0.3) is 6.01 Å². The van der Waals surface area contributed by atoms with Crippen molar-refractivity contribution in [1.29, 1.82) is 0 Å². The van der Waals surface area contributed by atoms with Gasteiger partial charge in [-0.25, -0.2) is 4.98 Å². The van der Waals surface area contributed by atoms with Gasteiger partial charge in [-0.3, -0.25) is 0 Å². The lowest BCUT2D eigenvalue weighted by atomic mass is 10.4. The van der Waals surface area contributed by atoms with E-state index in [9.17, 15) is 0 Å². The highest BCUT2D eigenvalue weighted by Gasteiger charge is 2.20. The fourth-order valence-corrected chi connectivity index (χ4v) is 2.04. The van der Waals surface area contributed by atoms with Crippen LogP contribution in [-0.4, -0.2) is 28.1 Å². The number of oxazole rings is 1. The Morgan fingerprint density at radius 3 is 3.29 bits per heavy atom. The summed E-state index contributed by atoms with van der Waals surface area (Å²) in [7, 11) is 1.89. The van der Waals surface area contributed by atoms with E-state index < -0.39 is 0 Å². The lowest BCUT2D eigenvalue weighted by molar-refractivity contribution is 0.484. The highest BCUT2D eigenvalue weighted by molar-refractivity contribution is 5.29. The number of hydrogen-bond acceptors (Lipinski definition) is 5. The number of rotatable bonds is 3. The Balaban J connectivity index is 1.77. The van der Waals surface area contributed by atoms with E-state index in [-0.39, 0.29) is 0 Å². The van der Waals surface area contributed by atoms with Crippen LogP contribution in [0.5, 0.6) is 0 Å². The van der Waals surface area contributed by atoms with Crippen molar-refractivity contribution < 1.29 is 4.42 Å². The predicted octanol–water partition coefficient (Wildman–Crippen LogP) is 0.611. The second-order valence-corrected chi connectivity index (χ2v) is 4.11. The normalized spacial score (nSPS) is 15.0. The zero-order valence-corrected chi connectivity index (χ0v) is 9.76. The van der Waals surface area contributed by atoms with Crippen LogP contribution in [0, 0.1) is 0 Å². The van der Waals surface area contributed by atoms with Gasteiger partial charge in [0.1, 0.15) is 12.1 Å². The molecule has 0 saturated heterocycles. The van der Waals surface area contributed by atoms with E-state index in [2.05, 4.69) is 24.8 Å². The van der Waals surface area contributed by atoms with Crippen LogP contribution in [0.3, 0.4) is 0 Å². The van der Waals surface area contributed by atoms with E-state index in [1.54, 1.807) is 6.26 Å². The van der Waals surface area contributed by atoms with Gasteiger partial charge in [-0.15, -0.1) is 0 Å². The SMILES string of the molecule is CNCc1coc(N2CCn3ccnc3C2)n1. The standard InChI is InChI=1S/C11H15N5O/c1-12-6-9-8-17-11(14-9)16-5-4-15-3-2-13-10(15)7-16/h2-3,8,12H,4-7H2,1H3. The van der Waals surface area contributed by atoms with Crippen molar-refractivity contribution in [3.8, 4) is 0 Å². The first-order chi connectivity index (χ1) is 8.36. The molecule has 3 heterocycles. The van der Waals surface area contributed by atoms with Crippen LogP contribution in [0.25, 0.3) is 0 Å². The minimum Gasteiger partial charge on any atom is -0.432 e. The third-order valence-corrected chi connectivity index (χ3v) is 2.91. The molecule has 1 aliphatic heterocycles. The van der Waals surface area contributed by atoms with E-state index >= 15 is 0 Å². The van der Waals surface area contributed by atoms with Crippen molar-refractivity contribution in [2.75, 3.05) is 18.5 Å². The molecule has 0 amide bonds. The van der Waals surface area contributed by atoms with Gasteiger partial charge in [0.05, 0.1) is 12.2 Å². The molecule has 6 heteroatoms. The number of nitrogens with one attached hydrogen (secondary N) is 1. The molecular weight excluding hydrogens is 218 g/mol. The Morgan fingerprint density at radius 2 is 2.41 bits per heavy atom. The third kappa shape index (κ3) is 1.91. The zero-order valence-electron chi connectivity index (χ0n) is 9.76. The van der Waals surface area contributed by atoms with Crippen LogP contribution in [0.15, 0.2) is 23.1 Å². The molecule has 0 spiro atoms. The number of nitrogens with zero attached hydrogens (tertiary/aromatic N) is 4. The molecule has 2 aromatic rings. The van der Waals surface area contributed by atoms with Crippen LogP contribution in [0.4, 0.5) is 6.01 Å². The molecule has 0 fully saturated rings. The fourth-order valence-electron chi connectivity index (χ4n) is 2.04. The molecule has 90 valence electrons. The lowest BCUT2D eigenvalue weighted by Gasteiger charge is -2.25. The second-order valence-electron chi connectivity index (χ2n) is 4.11. The second kappa shape index (κ2) is 4.21. The maximum absolute atomic E-state index is 5.49. The van der Waals surface area contributed by atoms with Gasteiger partial charge in [-0.2, -0.15) is 4.98 Å². The average molecular weight is 233 g/mol. The number of hydrogen-bond donors (Lipinski definition) is 1. The Labute approximate surface area is 99.3 Å². The summed E-state index contributed by atoms with van der Waals surface area (Å²) in [6.45, 7) is 3.32. The van der Waals surface area contributed by atoms with Crippen LogP contribution in [-0.2, 0) is 19.6 Å². The first kappa shape index (κ1) is 10.3. The molecule has 6 nitrogen and oxygen atoms in total. The quantitative estimate of drug-likeness (QED) is 0.841. The Bertz CT molecular complexity index is 503. The van der Waals surface area contributed by atoms with Crippen molar-refractivity contribution in [1.82, 2.24) is 19.9 Å². The summed E-state index contributed by atoms with van der Waals surface area (Å²) in [6.07, 6.45) is 5.54. The monoisotopic (exact) mass is 233 g/mol. The van der Waals surface area contributed by atoms with Crippen molar-refractivity contribution in [2.24, 2.45) is 0 Å². The van der Waals surface area contributed by atoms with Crippen molar-refractivity contribution in [3.05, 3.63) is 30.2 Å². The van der Waals surface area contributed by atoms with Crippen LogP contribution >= 0.6 is 0 Å². The van der Waals surface area contributed by atoms with Gasteiger partial charge in [0, 0.05) is 32.0 Å². The molecule has 17 heavy (non-hydrogen) atoms. The maximum atomic E-state index is 5.49. The van der Waals surface area contributed by atoms with E-state index in [1.807, 2.05) is 19.4 Å². The molecular formula is C11H15N5O. The fraction of sp³-hybridized carbons (Fsp3) is 0.455. The molecule has 2 aromatic heterocycles. The Hall–Kier alpha value is -1.82.